The highest BCUT2D eigenvalue weighted by Gasteiger charge is 2.13. The summed E-state index contributed by atoms with van der Waals surface area (Å²) in [7, 11) is 0. The highest BCUT2D eigenvalue weighted by molar-refractivity contribution is 4.79. The molecule has 0 aliphatic carbocycles. The predicted octanol–water partition coefficient (Wildman–Crippen LogP) is 1.15. The average Bonchev–Trinajstić information content (AvgIpc) is 2.78. The first-order chi connectivity index (χ1) is 7.88. The number of aromatic nitrogens is 2. The van der Waals surface area contributed by atoms with Gasteiger partial charge in [-0.1, -0.05) is 6.92 Å². The van der Waals surface area contributed by atoms with Gasteiger partial charge in [0.15, 0.2) is 0 Å². The van der Waals surface area contributed by atoms with Gasteiger partial charge in [-0.3, -0.25) is 0 Å². The average molecular weight is 225 g/mol. The molecule has 1 aliphatic heterocycles. The van der Waals surface area contributed by atoms with Crippen LogP contribution in [0.5, 0.6) is 0 Å². The Morgan fingerprint density at radius 1 is 1.31 bits per heavy atom. The van der Waals surface area contributed by atoms with Crippen molar-refractivity contribution in [2.45, 2.75) is 32.8 Å². The van der Waals surface area contributed by atoms with Gasteiger partial charge in [0.2, 0.25) is 11.8 Å². The highest BCUT2D eigenvalue weighted by atomic mass is 16.5. The summed E-state index contributed by atoms with van der Waals surface area (Å²) in [5.41, 5.74) is 0. The number of aryl methyl sites for hydroxylation is 1. The molecule has 0 amide bonds. The molecule has 5 nitrogen and oxygen atoms in total. The minimum atomic E-state index is 0.441. The van der Waals surface area contributed by atoms with Crippen LogP contribution in [0.3, 0.4) is 0 Å². The first-order valence-corrected chi connectivity index (χ1v) is 5.98. The summed E-state index contributed by atoms with van der Waals surface area (Å²) in [5, 5.41) is 11.1. The number of nitrogens with one attached hydrogen (secondary N) is 1. The van der Waals surface area contributed by atoms with Crippen LogP contribution in [0.2, 0.25) is 0 Å². The van der Waals surface area contributed by atoms with E-state index < -0.39 is 0 Å². The lowest BCUT2D eigenvalue weighted by Crippen LogP contribution is -2.29. The molecule has 16 heavy (non-hydrogen) atoms. The summed E-state index contributed by atoms with van der Waals surface area (Å²) in [6.07, 6.45) is 3.18. The van der Waals surface area contributed by atoms with Crippen molar-refractivity contribution in [1.82, 2.24) is 15.5 Å². The first-order valence-electron chi connectivity index (χ1n) is 5.98. The molecule has 0 unspecified atom stereocenters. The number of rotatable bonds is 5. The van der Waals surface area contributed by atoms with E-state index in [1.54, 1.807) is 0 Å². The van der Waals surface area contributed by atoms with E-state index >= 15 is 0 Å². The third-order valence-electron chi connectivity index (χ3n) is 2.85. The van der Waals surface area contributed by atoms with Gasteiger partial charge in [-0.25, -0.2) is 0 Å². The van der Waals surface area contributed by atoms with Crippen molar-refractivity contribution in [3.8, 4) is 0 Å². The maximum absolute atomic E-state index is 5.59. The fraction of sp³-hybridized carbons (Fsp3) is 0.818. The van der Waals surface area contributed by atoms with Crippen molar-refractivity contribution in [2.75, 3.05) is 19.7 Å². The summed E-state index contributed by atoms with van der Waals surface area (Å²) in [6.45, 7) is 5.44. The van der Waals surface area contributed by atoms with Crippen molar-refractivity contribution in [3.63, 3.8) is 0 Å². The molecule has 1 aliphatic rings. The van der Waals surface area contributed by atoms with Gasteiger partial charge in [0.05, 0.1) is 6.61 Å². The minimum absolute atomic E-state index is 0.441. The molecule has 2 heterocycles. The fourth-order valence-electron chi connectivity index (χ4n) is 1.85. The standard InChI is InChI=1S/C11H19N3O2/c1-2-10-13-14-11(16-10)8-15-7-9-3-5-12-6-4-9/h9,12H,2-8H2,1H3. The Bertz CT molecular complexity index is 308. The zero-order chi connectivity index (χ0) is 11.2. The van der Waals surface area contributed by atoms with Gasteiger partial charge in [0.25, 0.3) is 0 Å². The predicted molar refractivity (Wildman–Crippen MR) is 58.9 cm³/mol. The number of piperidine rings is 1. The van der Waals surface area contributed by atoms with E-state index in [1.807, 2.05) is 6.92 Å². The maximum atomic E-state index is 5.59. The molecule has 1 N–H and O–H groups in total. The number of hydrogen-bond donors (Lipinski definition) is 1. The van der Waals surface area contributed by atoms with Crippen molar-refractivity contribution >= 4 is 0 Å². The molecule has 1 saturated heterocycles. The monoisotopic (exact) mass is 225 g/mol. The van der Waals surface area contributed by atoms with E-state index in [0.717, 1.165) is 26.1 Å². The molecule has 1 fully saturated rings. The van der Waals surface area contributed by atoms with Crippen molar-refractivity contribution < 1.29 is 9.15 Å². The van der Waals surface area contributed by atoms with Crippen LogP contribution in [0.15, 0.2) is 4.42 Å². The molecule has 1 aromatic rings. The van der Waals surface area contributed by atoms with Crippen LogP contribution in [0.4, 0.5) is 0 Å². The SMILES string of the molecule is CCc1nnc(COCC2CCNCC2)o1. The fourth-order valence-corrected chi connectivity index (χ4v) is 1.85. The van der Waals surface area contributed by atoms with E-state index in [-0.39, 0.29) is 0 Å². The molecule has 90 valence electrons. The highest BCUT2D eigenvalue weighted by Crippen LogP contribution is 2.12. The molecular weight excluding hydrogens is 206 g/mol. The van der Waals surface area contributed by atoms with Gasteiger partial charge in [0.1, 0.15) is 6.61 Å². The Morgan fingerprint density at radius 3 is 2.75 bits per heavy atom. The van der Waals surface area contributed by atoms with Crippen molar-refractivity contribution in [3.05, 3.63) is 11.8 Å². The second kappa shape index (κ2) is 5.96. The number of ether oxygens (including phenoxy) is 1. The van der Waals surface area contributed by atoms with Crippen LogP contribution in [0, 0.1) is 5.92 Å². The van der Waals surface area contributed by atoms with Crippen molar-refractivity contribution in [2.24, 2.45) is 5.92 Å². The molecule has 1 aromatic heterocycles. The third kappa shape index (κ3) is 3.28. The smallest absolute Gasteiger partial charge is 0.242 e. The number of nitrogens with zero attached hydrogens (tertiary/aromatic N) is 2. The van der Waals surface area contributed by atoms with Gasteiger partial charge >= 0.3 is 0 Å². The Balaban J connectivity index is 1.66. The van der Waals surface area contributed by atoms with E-state index in [4.69, 9.17) is 9.15 Å². The Hall–Kier alpha value is -0.940. The van der Waals surface area contributed by atoms with Crippen LogP contribution in [0.25, 0.3) is 0 Å². The summed E-state index contributed by atoms with van der Waals surface area (Å²) in [5.74, 6) is 1.95. The van der Waals surface area contributed by atoms with Crippen LogP contribution in [-0.4, -0.2) is 29.9 Å². The lowest BCUT2D eigenvalue weighted by Gasteiger charge is -2.21. The second-order valence-corrected chi connectivity index (χ2v) is 4.15. The Labute approximate surface area is 95.6 Å². The van der Waals surface area contributed by atoms with E-state index in [0.29, 0.717) is 24.3 Å². The van der Waals surface area contributed by atoms with Crippen molar-refractivity contribution in [1.29, 1.82) is 0 Å². The van der Waals surface area contributed by atoms with E-state index in [9.17, 15) is 0 Å². The third-order valence-corrected chi connectivity index (χ3v) is 2.85. The summed E-state index contributed by atoms with van der Waals surface area (Å²) in [4.78, 5) is 0. The normalized spacial score (nSPS) is 17.8. The zero-order valence-electron chi connectivity index (χ0n) is 9.74. The first kappa shape index (κ1) is 11.5. The molecule has 0 spiro atoms. The molecule has 2 rings (SSSR count). The molecule has 0 radical (unpaired) electrons. The van der Waals surface area contributed by atoms with E-state index in [1.165, 1.54) is 12.8 Å². The number of hydrogen-bond acceptors (Lipinski definition) is 5. The Kier molecular flexibility index (Phi) is 4.30. The summed E-state index contributed by atoms with van der Waals surface area (Å²) < 4.78 is 11.0. The van der Waals surface area contributed by atoms with Gasteiger partial charge < -0.3 is 14.5 Å². The molecule has 0 aromatic carbocycles. The van der Waals surface area contributed by atoms with Crippen LogP contribution < -0.4 is 5.32 Å². The molecule has 0 bridgehead atoms. The van der Waals surface area contributed by atoms with E-state index in [2.05, 4.69) is 15.5 Å². The maximum Gasteiger partial charge on any atom is 0.242 e. The largest absolute Gasteiger partial charge is 0.423 e. The topological polar surface area (TPSA) is 60.2 Å². The van der Waals surface area contributed by atoms with Crippen LogP contribution in [-0.2, 0) is 17.8 Å². The van der Waals surface area contributed by atoms with Gasteiger partial charge in [-0.15, -0.1) is 10.2 Å². The summed E-state index contributed by atoms with van der Waals surface area (Å²) >= 11 is 0. The minimum Gasteiger partial charge on any atom is -0.423 e. The molecule has 5 heteroatoms. The lowest BCUT2D eigenvalue weighted by molar-refractivity contribution is 0.0627. The quantitative estimate of drug-likeness (QED) is 0.814. The van der Waals surface area contributed by atoms with Gasteiger partial charge in [0, 0.05) is 6.42 Å². The molecular formula is C11H19N3O2. The molecule has 0 atom stereocenters. The zero-order valence-corrected chi connectivity index (χ0v) is 9.74. The van der Waals surface area contributed by atoms with Gasteiger partial charge in [-0.2, -0.15) is 0 Å². The Morgan fingerprint density at radius 2 is 2.06 bits per heavy atom. The van der Waals surface area contributed by atoms with Crippen LogP contribution in [0.1, 0.15) is 31.5 Å². The van der Waals surface area contributed by atoms with Crippen LogP contribution >= 0.6 is 0 Å². The summed E-state index contributed by atoms with van der Waals surface area (Å²) in [6, 6.07) is 0. The van der Waals surface area contributed by atoms with Gasteiger partial charge in [-0.05, 0) is 31.8 Å². The molecule has 0 saturated carbocycles. The lowest BCUT2D eigenvalue weighted by atomic mass is 9.99. The second-order valence-electron chi connectivity index (χ2n) is 4.15.